The number of nitrogens with zero attached hydrogens (tertiary/aromatic N) is 4. The Labute approximate surface area is 171 Å². The van der Waals surface area contributed by atoms with Crippen LogP contribution in [-0.2, 0) is 29.8 Å². The molecule has 1 aromatic rings. The molecule has 0 saturated carbocycles. The Balaban J connectivity index is 2.02. The number of non-ortho nitro benzene ring substituents is 1. The first-order valence-corrected chi connectivity index (χ1v) is 11.5. The van der Waals surface area contributed by atoms with Crippen LogP contribution in [0.15, 0.2) is 29.4 Å². The summed E-state index contributed by atoms with van der Waals surface area (Å²) in [4.78, 5) is 15.5. The lowest BCUT2D eigenvalue weighted by Crippen LogP contribution is -2.45. The summed E-state index contributed by atoms with van der Waals surface area (Å²) in [5, 5.41) is 16.8. The second kappa shape index (κ2) is 9.85. The number of hydrogen-bond donors (Lipinski definition) is 3. The highest BCUT2D eigenvalue weighted by Gasteiger charge is 2.27. The highest BCUT2D eigenvalue weighted by Crippen LogP contribution is 2.22. The zero-order valence-electron chi connectivity index (χ0n) is 15.3. The molecule has 0 saturated heterocycles. The van der Waals surface area contributed by atoms with Crippen LogP contribution in [-0.4, -0.2) is 66.9 Å². The number of hydrazone groups is 1. The maximum atomic E-state index is 10.8. The van der Waals surface area contributed by atoms with Gasteiger partial charge in [0.05, 0.1) is 35.3 Å². The summed E-state index contributed by atoms with van der Waals surface area (Å²) in [7, 11) is -8.29. The maximum absolute atomic E-state index is 10.8. The third-order valence-electron chi connectivity index (χ3n) is 3.39. The van der Waals surface area contributed by atoms with Crippen LogP contribution < -0.4 is 10.5 Å². The molecule has 0 aliphatic carbocycles. The van der Waals surface area contributed by atoms with E-state index in [0.29, 0.717) is 5.69 Å². The SMILES string of the molecule is O=[N+]([O-])c1ccc(N2NC(OCCCS(=O)(=O)O)=NN2OCCCS(=O)(=O)O)cc1. The number of nitro benzene ring substituents is 1. The molecule has 0 spiro atoms. The minimum Gasteiger partial charge on any atom is -0.463 e. The first-order chi connectivity index (χ1) is 13.9. The Kier molecular flexibility index (Phi) is 7.73. The molecule has 1 aliphatic heterocycles. The van der Waals surface area contributed by atoms with Crippen LogP contribution in [0.25, 0.3) is 0 Å². The molecule has 1 aliphatic rings. The second-order valence-corrected chi connectivity index (χ2v) is 8.96. The van der Waals surface area contributed by atoms with Crippen molar-refractivity contribution in [3.63, 3.8) is 0 Å². The van der Waals surface area contributed by atoms with Gasteiger partial charge in [-0.3, -0.25) is 19.2 Å². The zero-order valence-corrected chi connectivity index (χ0v) is 17.0. The van der Waals surface area contributed by atoms with E-state index in [4.69, 9.17) is 18.7 Å². The Hall–Kier alpha value is -2.73. The van der Waals surface area contributed by atoms with E-state index in [0.717, 1.165) is 5.28 Å². The van der Waals surface area contributed by atoms with Crippen LogP contribution >= 0.6 is 0 Å². The molecule has 0 atom stereocenters. The molecule has 17 heteroatoms. The summed E-state index contributed by atoms with van der Waals surface area (Å²) in [6, 6.07) is 5.13. The number of amidine groups is 1. The van der Waals surface area contributed by atoms with Crippen LogP contribution in [0.5, 0.6) is 0 Å². The van der Waals surface area contributed by atoms with Crippen LogP contribution in [0, 0.1) is 10.1 Å². The van der Waals surface area contributed by atoms with Crippen molar-refractivity contribution in [2.75, 3.05) is 29.8 Å². The normalized spacial score (nSPS) is 14.4. The van der Waals surface area contributed by atoms with Gasteiger partial charge in [-0.15, -0.1) is 5.12 Å². The van der Waals surface area contributed by atoms with Crippen LogP contribution in [0.1, 0.15) is 12.8 Å². The number of hydrogen-bond acceptors (Lipinski definition) is 12. The van der Waals surface area contributed by atoms with E-state index in [1.807, 2.05) is 0 Å². The zero-order chi connectivity index (χ0) is 22.4. The molecule has 1 aromatic carbocycles. The minimum absolute atomic E-state index is 0.0215. The van der Waals surface area contributed by atoms with Crippen molar-refractivity contribution in [3.05, 3.63) is 34.4 Å². The van der Waals surface area contributed by atoms with Gasteiger partial charge in [0.1, 0.15) is 0 Å². The van der Waals surface area contributed by atoms with Gasteiger partial charge in [-0.1, -0.05) is 5.10 Å². The van der Waals surface area contributed by atoms with E-state index in [-0.39, 0.29) is 37.8 Å². The Morgan fingerprint density at radius 3 is 2.13 bits per heavy atom. The van der Waals surface area contributed by atoms with E-state index < -0.39 is 36.7 Å². The quantitative estimate of drug-likeness (QED) is 0.168. The molecule has 0 unspecified atom stereocenters. The van der Waals surface area contributed by atoms with Crippen molar-refractivity contribution in [2.24, 2.45) is 5.10 Å². The molecule has 3 N–H and O–H groups in total. The second-order valence-electron chi connectivity index (χ2n) is 5.82. The fourth-order valence-corrected chi connectivity index (χ4v) is 3.07. The Morgan fingerprint density at radius 2 is 1.60 bits per heavy atom. The van der Waals surface area contributed by atoms with Crippen molar-refractivity contribution in [2.45, 2.75) is 12.8 Å². The van der Waals surface area contributed by atoms with Gasteiger partial charge in [0.15, 0.2) is 0 Å². The fourth-order valence-electron chi connectivity index (χ4n) is 2.10. The largest absolute Gasteiger partial charge is 0.463 e. The van der Waals surface area contributed by atoms with E-state index in [2.05, 4.69) is 10.5 Å². The number of hydrazine groups is 2. The topological polar surface area (TPSA) is 201 Å². The molecule has 0 fully saturated rings. The predicted octanol–water partition coefficient (Wildman–Crippen LogP) is -0.0886. The molecule has 0 aromatic heterocycles. The van der Waals surface area contributed by atoms with Gasteiger partial charge < -0.3 is 4.74 Å². The van der Waals surface area contributed by atoms with Crippen LogP contribution in [0.3, 0.4) is 0 Å². The standard InChI is InChI=1S/C13H19N5O10S2/c19-17(20)12-5-3-11(4-6-12)16-14-13(27-7-1-9-29(21,22)23)15-18(16)28-8-2-10-30(24,25)26/h3-6H,1-2,7-10H2,(H,14,15)(H,21,22,23)(H,24,25,26). The summed E-state index contributed by atoms with van der Waals surface area (Å²) >= 11 is 0. The minimum atomic E-state index is -4.16. The number of ether oxygens (including phenoxy) is 1. The van der Waals surface area contributed by atoms with Crippen molar-refractivity contribution < 1.29 is 40.4 Å². The molecular formula is C13H19N5O10S2. The number of anilines is 1. The lowest BCUT2D eigenvalue weighted by molar-refractivity contribution is -0.384. The molecule has 168 valence electrons. The van der Waals surface area contributed by atoms with Crippen molar-refractivity contribution in [1.82, 2.24) is 10.7 Å². The number of nitrogens with one attached hydrogen (secondary N) is 1. The first kappa shape index (κ1) is 23.5. The molecule has 15 nitrogen and oxygen atoms in total. The van der Waals surface area contributed by atoms with E-state index in [1.54, 1.807) is 0 Å². The molecule has 1 heterocycles. The highest BCUT2D eigenvalue weighted by atomic mass is 32.2. The van der Waals surface area contributed by atoms with Gasteiger partial charge in [0.25, 0.3) is 25.9 Å². The number of nitro groups is 1. The maximum Gasteiger partial charge on any atom is 0.331 e. The monoisotopic (exact) mass is 469 g/mol. The van der Waals surface area contributed by atoms with Gasteiger partial charge in [0.2, 0.25) is 0 Å². The average molecular weight is 469 g/mol. The number of benzene rings is 1. The molecule has 2 rings (SSSR count). The van der Waals surface area contributed by atoms with Crippen molar-refractivity contribution >= 4 is 37.6 Å². The fraction of sp³-hybridized carbons (Fsp3) is 0.462. The predicted molar refractivity (Wildman–Crippen MR) is 102 cm³/mol. The lowest BCUT2D eigenvalue weighted by Gasteiger charge is -2.25. The first-order valence-electron chi connectivity index (χ1n) is 8.30. The lowest BCUT2D eigenvalue weighted by atomic mass is 10.3. The highest BCUT2D eigenvalue weighted by molar-refractivity contribution is 7.86. The Morgan fingerprint density at radius 1 is 1.03 bits per heavy atom. The molecule has 0 radical (unpaired) electrons. The summed E-state index contributed by atoms with van der Waals surface area (Å²) in [5.41, 5.74) is 2.86. The molecule has 0 amide bonds. The van der Waals surface area contributed by atoms with Gasteiger partial charge in [-0.2, -0.15) is 16.8 Å². The van der Waals surface area contributed by atoms with Crippen LogP contribution in [0.2, 0.25) is 0 Å². The van der Waals surface area contributed by atoms with Crippen LogP contribution in [0.4, 0.5) is 11.4 Å². The van der Waals surface area contributed by atoms with E-state index in [1.165, 1.54) is 29.4 Å². The molecular weight excluding hydrogens is 450 g/mol. The smallest absolute Gasteiger partial charge is 0.331 e. The van der Waals surface area contributed by atoms with Crippen molar-refractivity contribution in [1.29, 1.82) is 0 Å². The number of rotatable bonds is 11. The van der Waals surface area contributed by atoms with Gasteiger partial charge >= 0.3 is 6.02 Å². The van der Waals surface area contributed by atoms with Gasteiger partial charge in [-0.05, 0) is 30.3 Å². The summed E-state index contributed by atoms with van der Waals surface area (Å²) in [6.07, 6.45) is -0.0736. The van der Waals surface area contributed by atoms with Crippen molar-refractivity contribution in [3.8, 4) is 0 Å². The van der Waals surface area contributed by atoms with Gasteiger partial charge in [-0.25, -0.2) is 10.3 Å². The third kappa shape index (κ3) is 7.95. The average Bonchev–Trinajstić information content (AvgIpc) is 3.04. The van der Waals surface area contributed by atoms with E-state index in [9.17, 15) is 26.9 Å². The van der Waals surface area contributed by atoms with Gasteiger partial charge in [0, 0.05) is 12.1 Å². The summed E-state index contributed by atoms with van der Waals surface area (Å²) in [6.45, 7) is -0.277. The Bertz CT molecular complexity index is 980. The molecule has 0 bridgehead atoms. The molecule has 30 heavy (non-hydrogen) atoms. The summed E-state index contributed by atoms with van der Waals surface area (Å²) < 4.78 is 65.7. The third-order valence-corrected chi connectivity index (χ3v) is 5.00. The summed E-state index contributed by atoms with van der Waals surface area (Å²) in [5.74, 6) is -1.04. The van der Waals surface area contributed by atoms with E-state index >= 15 is 0 Å².